The van der Waals surface area contributed by atoms with Crippen molar-refractivity contribution in [3.05, 3.63) is 29.8 Å². The molecule has 0 spiro atoms. The normalized spacial score (nSPS) is 22.1. The number of aliphatic hydroxyl groups excluding tert-OH is 1. The first-order chi connectivity index (χ1) is 13.9. The highest BCUT2D eigenvalue weighted by Gasteiger charge is 2.27. The SMILES string of the molecule is CC1CC(C)CN(CC(O)COCCOc2ccc(C(C)(C)CC(C)(C)C)cc2)C1. The first-order valence-corrected chi connectivity index (χ1v) is 11.7. The summed E-state index contributed by atoms with van der Waals surface area (Å²) in [5, 5.41) is 10.3. The largest absolute Gasteiger partial charge is 0.491 e. The first kappa shape index (κ1) is 25.2. The molecule has 0 aliphatic carbocycles. The molecule has 1 heterocycles. The van der Waals surface area contributed by atoms with Gasteiger partial charge in [-0.15, -0.1) is 0 Å². The minimum Gasteiger partial charge on any atom is -0.491 e. The summed E-state index contributed by atoms with van der Waals surface area (Å²) in [5.41, 5.74) is 1.77. The van der Waals surface area contributed by atoms with Crippen LogP contribution in [0.5, 0.6) is 5.75 Å². The van der Waals surface area contributed by atoms with Crippen LogP contribution in [0.3, 0.4) is 0 Å². The number of nitrogens with zero attached hydrogens (tertiary/aromatic N) is 1. The van der Waals surface area contributed by atoms with E-state index in [-0.39, 0.29) is 5.41 Å². The summed E-state index contributed by atoms with van der Waals surface area (Å²) in [6.45, 7) is 20.3. The minimum absolute atomic E-state index is 0.139. The summed E-state index contributed by atoms with van der Waals surface area (Å²) in [6, 6.07) is 8.44. The van der Waals surface area contributed by atoms with E-state index in [1.807, 2.05) is 12.1 Å². The Morgan fingerprint density at radius 2 is 1.60 bits per heavy atom. The van der Waals surface area contributed by atoms with Crippen molar-refractivity contribution in [2.45, 2.75) is 72.8 Å². The number of benzene rings is 1. The Hall–Kier alpha value is -1.10. The Labute approximate surface area is 185 Å². The van der Waals surface area contributed by atoms with E-state index < -0.39 is 6.10 Å². The van der Waals surface area contributed by atoms with Crippen LogP contribution in [-0.2, 0) is 10.2 Å². The van der Waals surface area contributed by atoms with Crippen LogP contribution in [0.2, 0.25) is 0 Å². The Balaban J connectivity index is 1.66. The summed E-state index contributed by atoms with van der Waals surface area (Å²) in [6.07, 6.45) is 1.98. The number of β-amino-alcohol motifs (C(OH)–C–C–N with tert-alkyl or cyclic N) is 1. The maximum atomic E-state index is 10.3. The van der Waals surface area contributed by atoms with Crippen molar-refractivity contribution in [3.63, 3.8) is 0 Å². The maximum absolute atomic E-state index is 10.3. The van der Waals surface area contributed by atoms with Crippen LogP contribution in [0.15, 0.2) is 24.3 Å². The van der Waals surface area contributed by atoms with Gasteiger partial charge in [-0.25, -0.2) is 0 Å². The molecule has 0 aromatic heterocycles. The molecule has 3 atom stereocenters. The van der Waals surface area contributed by atoms with E-state index in [0.29, 0.717) is 43.6 Å². The van der Waals surface area contributed by atoms with Crippen LogP contribution >= 0.6 is 0 Å². The van der Waals surface area contributed by atoms with E-state index >= 15 is 0 Å². The summed E-state index contributed by atoms with van der Waals surface area (Å²) in [5.74, 6) is 2.28. The van der Waals surface area contributed by atoms with Gasteiger partial charge in [0, 0.05) is 19.6 Å². The fourth-order valence-electron chi connectivity index (χ4n) is 5.16. The molecule has 30 heavy (non-hydrogen) atoms. The van der Waals surface area contributed by atoms with Gasteiger partial charge in [0.15, 0.2) is 0 Å². The van der Waals surface area contributed by atoms with Crippen molar-refractivity contribution in [2.24, 2.45) is 17.3 Å². The summed E-state index contributed by atoms with van der Waals surface area (Å²) in [4.78, 5) is 2.37. The molecular weight excluding hydrogens is 374 g/mol. The number of likely N-dealkylation sites (tertiary alicyclic amines) is 1. The molecule has 1 aromatic rings. The lowest BCUT2D eigenvalue weighted by Crippen LogP contribution is -2.43. The molecule has 1 saturated heterocycles. The van der Waals surface area contributed by atoms with Crippen molar-refractivity contribution in [2.75, 3.05) is 39.5 Å². The molecule has 2 rings (SSSR count). The van der Waals surface area contributed by atoms with Gasteiger partial charge in [0.2, 0.25) is 0 Å². The van der Waals surface area contributed by atoms with Gasteiger partial charge in [-0.3, -0.25) is 0 Å². The second-order valence-corrected chi connectivity index (χ2v) is 11.4. The summed E-state index contributed by atoms with van der Waals surface area (Å²) in [7, 11) is 0. The second kappa shape index (κ2) is 11.0. The second-order valence-electron chi connectivity index (χ2n) is 11.4. The molecule has 1 fully saturated rings. The quantitative estimate of drug-likeness (QED) is 0.534. The molecule has 0 radical (unpaired) electrons. The predicted octanol–water partition coefficient (Wildman–Crippen LogP) is 5.13. The van der Waals surface area contributed by atoms with E-state index in [2.05, 4.69) is 65.5 Å². The maximum Gasteiger partial charge on any atom is 0.119 e. The molecule has 3 unspecified atom stereocenters. The first-order valence-electron chi connectivity index (χ1n) is 11.7. The smallest absolute Gasteiger partial charge is 0.119 e. The summed E-state index contributed by atoms with van der Waals surface area (Å²) >= 11 is 0. The Morgan fingerprint density at radius 1 is 1.00 bits per heavy atom. The van der Waals surface area contributed by atoms with E-state index in [1.54, 1.807) is 0 Å². The van der Waals surface area contributed by atoms with Gasteiger partial charge in [-0.1, -0.05) is 60.6 Å². The van der Waals surface area contributed by atoms with Crippen molar-refractivity contribution in [1.82, 2.24) is 4.90 Å². The Kier molecular flexibility index (Phi) is 9.20. The van der Waals surface area contributed by atoms with Crippen LogP contribution in [0.25, 0.3) is 0 Å². The van der Waals surface area contributed by atoms with Gasteiger partial charge in [0.05, 0.1) is 19.3 Å². The molecule has 0 saturated carbocycles. The molecule has 172 valence electrons. The number of piperidine rings is 1. The van der Waals surface area contributed by atoms with Gasteiger partial charge in [0.1, 0.15) is 12.4 Å². The number of aliphatic hydroxyl groups is 1. The molecule has 4 heteroatoms. The van der Waals surface area contributed by atoms with Crippen molar-refractivity contribution < 1.29 is 14.6 Å². The molecule has 1 N–H and O–H groups in total. The van der Waals surface area contributed by atoms with Crippen LogP contribution < -0.4 is 4.74 Å². The highest BCUT2D eigenvalue weighted by atomic mass is 16.5. The fraction of sp³-hybridized carbons (Fsp3) is 0.769. The third-order valence-electron chi connectivity index (χ3n) is 5.83. The zero-order chi connectivity index (χ0) is 22.4. The van der Waals surface area contributed by atoms with Crippen LogP contribution in [0, 0.1) is 17.3 Å². The van der Waals surface area contributed by atoms with Gasteiger partial charge < -0.3 is 19.5 Å². The lowest BCUT2D eigenvalue weighted by molar-refractivity contribution is -0.00211. The molecule has 0 amide bonds. The van der Waals surface area contributed by atoms with E-state index in [1.165, 1.54) is 12.0 Å². The van der Waals surface area contributed by atoms with Gasteiger partial charge in [-0.2, -0.15) is 0 Å². The lowest BCUT2D eigenvalue weighted by Gasteiger charge is -2.35. The molecule has 0 bridgehead atoms. The zero-order valence-electron chi connectivity index (χ0n) is 20.4. The van der Waals surface area contributed by atoms with Gasteiger partial charge >= 0.3 is 0 Å². The van der Waals surface area contributed by atoms with Gasteiger partial charge in [0.25, 0.3) is 0 Å². The van der Waals surface area contributed by atoms with Crippen molar-refractivity contribution in [1.29, 1.82) is 0 Å². The highest BCUT2D eigenvalue weighted by Crippen LogP contribution is 2.36. The number of hydrogen-bond acceptors (Lipinski definition) is 4. The third-order valence-corrected chi connectivity index (χ3v) is 5.83. The zero-order valence-corrected chi connectivity index (χ0v) is 20.4. The number of rotatable bonds is 10. The van der Waals surface area contributed by atoms with Crippen LogP contribution in [0.1, 0.15) is 66.9 Å². The summed E-state index contributed by atoms with van der Waals surface area (Å²) < 4.78 is 11.5. The van der Waals surface area contributed by atoms with Crippen molar-refractivity contribution in [3.8, 4) is 5.75 Å². The molecule has 4 nitrogen and oxygen atoms in total. The predicted molar refractivity (Wildman–Crippen MR) is 125 cm³/mol. The average Bonchev–Trinajstić information content (AvgIpc) is 2.59. The van der Waals surface area contributed by atoms with Crippen LogP contribution in [-0.4, -0.2) is 55.6 Å². The molecule has 1 aromatic carbocycles. The molecule has 1 aliphatic rings. The minimum atomic E-state index is -0.438. The van der Waals surface area contributed by atoms with E-state index in [4.69, 9.17) is 9.47 Å². The third kappa shape index (κ3) is 8.95. The van der Waals surface area contributed by atoms with E-state index in [0.717, 1.165) is 25.3 Å². The standard InChI is InChI=1S/C26H45NO3/c1-20-14-21(2)16-27(15-20)17-23(28)18-29-12-13-30-24-10-8-22(9-11-24)26(6,7)19-25(3,4)5/h8-11,20-21,23,28H,12-19H2,1-7H3. The monoisotopic (exact) mass is 419 g/mol. The Bertz CT molecular complexity index is 610. The van der Waals surface area contributed by atoms with Gasteiger partial charge in [-0.05, 0) is 53.2 Å². The van der Waals surface area contributed by atoms with Crippen LogP contribution in [0.4, 0.5) is 0 Å². The Morgan fingerprint density at radius 3 is 2.17 bits per heavy atom. The fourth-order valence-corrected chi connectivity index (χ4v) is 5.16. The lowest BCUT2D eigenvalue weighted by atomic mass is 9.72. The number of hydrogen-bond donors (Lipinski definition) is 1. The molecular formula is C26H45NO3. The number of ether oxygens (including phenoxy) is 2. The highest BCUT2D eigenvalue weighted by molar-refractivity contribution is 5.31. The average molecular weight is 420 g/mol. The van der Waals surface area contributed by atoms with Crippen molar-refractivity contribution >= 4 is 0 Å². The topological polar surface area (TPSA) is 41.9 Å². The van der Waals surface area contributed by atoms with E-state index in [9.17, 15) is 5.11 Å². The molecule has 1 aliphatic heterocycles.